The van der Waals surface area contributed by atoms with Gasteiger partial charge < -0.3 is 10.1 Å². The number of hydrogen-bond donors (Lipinski definition) is 1. The number of alkyl halides is 3. The second-order valence-corrected chi connectivity index (χ2v) is 4.69. The quantitative estimate of drug-likeness (QED) is 0.859. The van der Waals surface area contributed by atoms with Gasteiger partial charge in [0, 0.05) is 7.05 Å². The highest BCUT2D eigenvalue weighted by Crippen LogP contribution is 2.25. The molecule has 0 spiro atoms. The van der Waals surface area contributed by atoms with E-state index in [0.29, 0.717) is 11.6 Å². The van der Waals surface area contributed by atoms with Crippen molar-refractivity contribution in [3.8, 4) is 0 Å². The summed E-state index contributed by atoms with van der Waals surface area (Å²) in [4.78, 5) is 9.23. The van der Waals surface area contributed by atoms with E-state index in [2.05, 4.69) is 15.3 Å². The van der Waals surface area contributed by atoms with E-state index >= 15 is 0 Å². The van der Waals surface area contributed by atoms with E-state index in [1.54, 1.807) is 7.05 Å². The molecule has 0 aliphatic rings. The van der Waals surface area contributed by atoms with Gasteiger partial charge in [0.25, 0.3) is 0 Å². The third-order valence-electron chi connectivity index (χ3n) is 2.37. The first-order chi connectivity index (χ1) is 8.99. The van der Waals surface area contributed by atoms with E-state index < -0.39 is 12.6 Å². The monoisotopic (exact) mass is 291 g/mol. The van der Waals surface area contributed by atoms with E-state index in [1.807, 2.05) is 11.4 Å². The SMILES string of the molecule is CNc1nc(COCCC(F)(F)F)nc2sccc12. The van der Waals surface area contributed by atoms with Crippen molar-refractivity contribution in [2.24, 2.45) is 0 Å². The van der Waals surface area contributed by atoms with Crippen molar-refractivity contribution in [1.29, 1.82) is 0 Å². The highest BCUT2D eigenvalue weighted by Gasteiger charge is 2.26. The first kappa shape index (κ1) is 14.0. The summed E-state index contributed by atoms with van der Waals surface area (Å²) in [6.45, 7) is -0.414. The van der Waals surface area contributed by atoms with Crippen LogP contribution in [0.5, 0.6) is 0 Å². The normalized spacial score (nSPS) is 12.0. The van der Waals surface area contributed by atoms with Crippen LogP contribution >= 0.6 is 11.3 Å². The number of rotatable bonds is 5. The lowest BCUT2D eigenvalue weighted by Gasteiger charge is -2.08. The molecule has 0 atom stereocenters. The Morgan fingerprint density at radius 3 is 2.84 bits per heavy atom. The molecule has 0 unspecified atom stereocenters. The number of nitrogens with one attached hydrogen (secondary N) is 1. The molecule has 2 aromatic rings. The lowest BCUT2D eigenvalue weighted by Crippen LogP contribution is -2.12. The zero-order valence-corrected chi connectivity index (χ0v) is 10.9. The Balaban J connectivity index is 2.01. The Morgan fingerprint density at radius 1 is 1.37 bits per heavy atom. The molecule has 1 N–H and O–H groups in total. The maximum absolute atomic E-state index is 11.9. The van der Waals surface area contributed by atoms with Crippen LogP contribution in [0.25, 0.3) is 10.2 Å². The fourth-order valence-electron chi connectivity index (χ4n) is 1.51. The van der Waals surface area contributed by atoms with Gasteiger partial charge in [0.1, 0.15) is 17.3 Å². The molecular formula is C11H12F3N3OS. The van der Waals surface area contributed by atoms with Crippen molar-refractivity contribution in [2.75, 3.05) is 19.0 Å². The van der Waals surface area contributed by atoms with Crippen LogP contribution in [0.3, 0.4) is 0 Å². The molecule has 2 rings (SSSR count). The van der Waals surface area contributed by atoms with E-state index in [9.17, 15) is 13.2 Å². The first-order valence-corrected chi connectivity index (χ1v) is 6.44. The molecule has 0 amide bonds. The van der Waals surface area contributed by atoms with Crippen LogP contribution in [0.2, 0.25) is 0 Å². The number of halogens is 3. The van der Waals surface area contributed by atoms with Crippen molar-refractivity contribution in [1.82, 2.24) is 9.97 Å². The van der Waals surface area contributed by atoms with Crippen LogP contribution in [0.1, 0.15) is 12.2 Å². The summed E-state index contributed by atoms with van der Waals surface area (Å²) in [5.41, 5.74) is 0. The highest BCUT2D eigenvalue weighted by atomic mass is 32.1. The second kappa shape index (κ2) is 5.70. The Labute approximate surface area is 111 Å². The Morgan fingerprint density at radius 2 is 2.16 bits per heavy atom. The Bertz CT molecular complexity index is 556. The van der Waals surface area contributed by atoms with Crippen molar-refractivity contribution < 1.29 is 17.9 Å². The van der Waals surface area contributed by atoms with Crippen molar-refractivity contribution in [3.05, 3.63) is 17.3 Å². The van der Waals surface area contributed by atoms with Gasteiger partial charge in [0.15, 0.2) is 5.82 Å². The molecule has 0 aliphatic heterocycles. The summed E-state index contributed by atoms with van der Waals surface area (Å²) < 4.78 is 40.8. The smallest absolute Gasteiger partial charge is 0.373 e. The highest BCUT2D eigenvalue weighted by molar-refractivity contribution is 7.16. The van der Waals surface area contributed by atoms with Gasteiger partial charge in [0.2, 0.25) is 0 Å². The molecule has 0 radical (unpaired) electrons. The van der Waals surface area contributed by atoms with E-state index in [0.717, 1.165) is 10.2 Å². The van der Waals surface area contributed by atoms with E-state index in [4.69, 9.17) is 4.74 Å². The first-order valence-electron chi connectivity index (χ1n) is 5.56. The van der Waals surface area contributed by atoms with Gasteiger partial charge in [-0.25, -0.2) is 9.97 Å². The van der Waals surface area contributed by atoms with Gasteiger partial charge in [0.05, 0.1) is 18.4 Å². The molecule has 19 heavy (non-hydrogen) atoms. The number of aromatic nitrogens is 2. The summed E-state index contributed by atoms with van der Waals surface area (Å²) in [7, 11) is 1.73. The van der Waals surface area contributed by atoms with Gasteiger partial charge in [-0.05, 0) is 11.4 Å². The standard InChI is InChI=1S/C11H12F3N3OS/c1-15-9-7-2-5-19-10(7)17-8(16-9)6-18-4-3-11(12,13)14/h2,5H,3-4,6H2,1H3,(H,15,16,17). The fourth-order valence-corrected chi connectivity index (χ4v) is 2.29. The molecule has 0 saturated heterocycles. The molecule has 104 valence electrons. The van der Waals surface area contributed by atoms with Gasteiger partial charge in [-0.15, -0.1) is 11.3 Å². The van der Waals surface area contributed by atoms with Crippen molar-refractivity contribution in [3.63, 3.8) is 0 Å². The van der Waals surface area contributed by atoms with Crippen LogP contribution in [-0.2, 0) is 11.3 Å². The molecule has 8 heteroatoms. The molecule has 0 aliphatic carbocycles. The predicted molar refractivity (Wildman–Crippen MR) is 67.3 cm³/mol. The van der Waals surface area contributed by atoms with Crippen molar-refractivity contribution in [2.45, 2.75) is 19.2 Å². The zero-order chi connectivity index (χ0) is 13.9. The minimum Gasteiger partial charge on any atom is -0.373 e. The minimum atomic E-state index is -4.20. The zero-order valence-electron chi connectivity index (χ0n) is 10.1. The van der Waals surface area contributed by atoms with E-state index in [1.165, 1.54) is 11.3 Å². The maximum Gasteiger partial charge on any atom is 0.391 e. The maximum atomic E-state index is 11.9. The van der Waals surface area contributed by atoms with Crippen LogP contribution in [0.15, 0.2) is 11.4 Å². The van der Waals surface area contributed by atoms with Gasteiger partial charge in [-0.3, -0.25) is 0 Å². The van der Waals surface area contributed by atoms with Crippen LogP contribution in [-0.4, -0.2) is 29.8 Å². The lowest BCUT2D eigenvalue weighted by atomic mass is 10.4. The molecule has 0 bridgehead atoms. The van der Waals surface area contributed by atoms with E-state index in [-0.39, 0.29) is 13.2 Å². The molecule has 0 saturated carbocycles. The molecular weight excluding hydrogens is 279 g/mol. The Hall–Kier alpha value is -1.41. The van der Waals surface area contributed by atoms with Gasteiger partial charge in [-0.1, -0.05) is 0 Å². The molecule has 0 aromatic carbocycles. The largest absolute Gasteiger partial charge is 0.391 e. The fraction of sp³-hybridized carbons (Fsp3) is 0.455. The van der Waals surface area contributed by atoms with Crippen LogP contribution in [0.4, 0.5) is 19.0 Å². The number of nitrogens with zero attached hydrogens (tertiary/aromatic N) is 2. The third kappa shape index (κ3) is 3.77. The molecule has 0 fully saturated rings. The topological polar surface area (TPSA) is 47.0 Å². The number of fused-ring (bicyclic) bond motifs is 1. The summed E-state index contributed by atoms with van der Waals surface area (Å²) in [6, 6.07) is 1.89. The average Bonchev–Trinajstić information content (AvgIpc) is 2.80. The molecule has 2 heterocycles. The molecule has 4 nitrogen and oxygen atoms in total. The average molecular weight is 291 g/mol. The second-order valence-electron chi connectivity index (χ2n) is 3.80. The number of anilines is 1. The predicted octanol–water partition coefficient (Wildman–Crippen LogP) is 3.20. The number of hydrogen-bond acceptors (Lipinski definition) is 5. The summed E-state index contributed by atoms with van der Waals surface area (Å²) in [6.07, 6.45) is -5.16. The van der Waals surface area contributed by atoms with Gasteiger partial charge >= 0.3 is 6.18 Å². The third-order valence-corrected chi connectivity index (χ3v) is 3.18. The van der Waals surface area contributed by atoms with Crippen molar-refractivity contribution >= 4 is 27.4 Å². The summed E-state index contributed by atoms with van der Waals surface area (Å²) >= 11 is 1.45. The number of thiophene rings is 1. The molecule has 2 aromatic heterocycles. The summed E-state index contributed by atoms with van der Waals surface area (Å²) in [5.74, 6) is 1.03. The minimum absolute atomic E-state index is 0.0292. The lowest BCUT2D eigenvalue weighted by molar-refractivity contribution is -0.146. The number of ether oxygens (including phenoxy) is 1. The Kier molecular flexibility index (Phi) is 4.20. The van der Waals surface area contributed by atoms with Gasteiger partial charge in [-0.2, -0.15) is 13.2 Å². The summed E-state index contributed by atoms with van der Waals surface area (Å²) in [5, 5.41) is 5.71. The van der Waals surface area contributed by atoms with Crippen LogP contribution < -0.4 is 5.32 Å². The van der Waals surface area contributed by atoms with Crippen LogP contribution in [0, 0.1) is 0 Å².